The highest BCUT2D eigenvalue weighted by Gasteiger charge is 2.38. The Morgan fingerprint density at radius 3 is 2.80 bits per heavy atom. The molecule has 1 heterocycles. The SMILES string of the molecule is CC(O)(CO)C1CCN(C(=O)OCc2ccccc2)C1. The summed E-state index contributed by atoms with van der Waals surface area (Å²) in [5.41, 5.74) is -0.201. The quantitative estimate of drug-likeness (QED) is 0.874. The topological polar surface area (TPSA) is 70.0 Å². The summed E-state index contributed by atoms with van der Waals surface area (Å²) in [6.07, 6.45) is 0.304. The average Bonchev–Trinajstić information content (AvgIpc) is 2.96. The van der Waals surface area contributed by atoms with Crippen LogP contribution in [0.15, 0.2) is 30.3 Å². The highest BCUT2D eigenvalue weighted by atomic mass is 16.6. The minimum absolute atomic E-state index is 0.114. The van der Waals surface area contributed by atoms with Gasteiger partial charge in [-0.1, -0.05) is 30.3 Å². The number of hydrogen-bond donors (Lipinski definition) is 2. The van der Waals surface area contributed by atoms with Crippen molar-refractivity contribution in [2.75, 3.05) is 19.7 Å². The van der Waals surface area contributed by atoms with Crippen LogP contribution < -0.4 is 0 Å². The summed E-state index contributed by atoms with van der Waals surface area (Å²) >= 11 is 0. The lowest BCUT2D eigenvalue weighted by Crippen LogP contribution is -2.40. The molecule has 5 heteroatoms. The second-order valence-electron chi connectivity index (χ2n) is 5.49. The van der Waals surface area contributed by atoms with E-state index in [0.717, 1.165) is 5.56 Å². The first-order valence-corrected chi connectivity index (χ1v) is 6.82. The van der Waals surface area contributed by atoms with Crippen LogP contribution in [0, 0.1) is 5.92 Å². The van der Waals surface area contributed by atoms with Crippen LogP contribution in [0.2, 0.25) is 0 Å². The smallest absolute Gasteiger partial charge is 0.410 e. The van der Waals surface area contributed by atoms with Gasteiger partial charge in [-0.3, -0.25) is 0 Å². The molecule has 2 rings (SSSR count). The monoisotopic (exact) mass is 279 g/mol. The number of carbonyl (C=O) groups is 1. The third kappa shape index (κ3) is 3.49. The summed E-state index contributed by atoms with van der Waals surface area (Å²) in [6.45, 7) is 2.51. The van der Waals surface area contributed by atoms with Crippen LogP contribution in [-0.4, -0.2) is 46.5 Å². The van der Waals surface area contributed by atoms with Crippen LogP contribution >= 0.6 is 0 Å². The lowest BCUT2D eigenvalue weighted by Gasteiger charge is -2.27. The Kier molecular flexibility index (Phi) is 4.62. The number of benzene rings is 1. The highest BCUT2D eigenvalue weighted by Crippen LogP contribution is 2.27. The number of rotatable bonds is 4. The van der Waals surface area contributed by atoms with Gasteiger partial charge in [0.15, 0.2) is 0 Å². The van der Waals surface area contributed by atoms with Crippen LogP contribution in [0.3, 0.4) is 0 Å². The molecule has 1 aromatic carbocycles. The maximum Gasteiger partial charge on any atom is 0.410 e. The van der Waals surface area contributed by atoms with E-state index in [1.165, 1.54) is 0 Å². The number of amides is 1. The first kappa shape index (κ1) is 14.8. The van der Waals surface area contributed by atoms with Crippen molar-refractivity contribution in [1.82, 2.24) is 4.90 Å². The average molecular weight is 279 g/mol. The van der Waals surface area contributed by atoms with Crippen LogP contribution in [0.25, 0.3) is 0 Å². The molecule has 1 aliphatic rings. The van der Waals surface area contributed by atoms with Gasteiger partial charge in [-0.2, -0.15) is 0 Å². The maximum absolute atomic E-state index is 11.9. The molecule has 1 fully saturated rings. The fourth-order valence-electron chi connectivity index (χ4n) is 2.37. The molecule has 0 saturated carbocycles. The number of ether oxygens (including phenoxy) is 1. The number of nitrogens with zero attached hydrogens (tertiary/aromatic N) is 1. The molecule has 0 radical (unpaired) electrons. The van der Waals surface area contributed by atoms with Gasteiger partial charge in [0.05, 0.1) is 12.2 Å². The van der Waals surface area contributed by atoms with Crippen LogP contribution in [0.5, 0.6) is 0 Å². The molecule has 1 amide bonds. The molecule has 2 unspecified atom stereocenters. The second-order valence-corrected chi connectivity index (χ2v) is 5.49. The van der Waals surface area contributed by atoms with Gasteiger partial charge >= 0.3 is 6.09 Å². The number of hydrogen-bond acceptors (Lipinski definition) is 4. The van der Waals surface area contributed by atoms with Gasteiger partial charge in [0.25, 0.3) is 0 Å². The van der Waals surface area contributed by atoms with E-state index in [0.29, 0.717) is 19.5 Å². The lowest BCUT2D eigenvalue weighted by molar-refractivity contribution is -0.0429. The normalized spacial score (nSPS) is 21.6. The van der Waals surface area contributed by atoms with Gasteiger partial charge < -0.3 is 19.8 Å². The van der Waals surface area contributed by atoms with E-state index in [-0.39, 0.29) is 25.2 Å². The molecule has 1 aromatic rings. The standard InChI is InChI=1S/C15H21NO4/c1-15(19,11-17)13-7-8-16(9-13)14(18)20-10-12-5-3-2-4-6-12/h2-6,13,17,19H,7-11H2,1H3. The molecule has 20 heavy (non-hydrogen) atoms. The second kappa shape index (κ2) is 6.24. The summed E-state index contributed by atoms with van der Waals surface area (Å²) in [7, 11) is 0. The zero-order chi connectivity index (χ0) is 14.6. The maximum atomic E-state index is 11.9. The molecule has 0 spiro atoms. The van der Waals surface area contributed by atoms with E-state index in [4.69, 9.17) is 9.84 Å². The molecule has 2 N–H and O–H groups in total. The lowest BCUT2D eigenvalue weighted by atomic mass is 9.89. The third-order valence-electron chi connectivity index (χ3n) is 3.85. The Bertz CT molecular complexity index is 446. The molecule has 5 nitrogen and oxygen atoms in total. The van der Waals surface area contributed by atoms with E-state index >= 15 is 0 Å². The van der Waals surface area contributed by atoms with Crippen LogP contribution in [-0.2, 0) is 11.3 Å². The van der Waals surface area contributed by atoms with Gasteiger partial charge in [-0.05, 0) is 18.9 Å². The summed E-state index contributed by atoms with van der Waals surface area (Å²) in [6, 6.07) is 9.50. The number of aliphatic hydroxyl groups is 2. The molecular formula is C15H21NO4. The first-order chi connectivity index (χ1) is 9.53. The summed E-state index contributed by atoms with van der Waals surface area (Å²) in [4.78, 5) is 13.5. The Morgan fingerprint density at radius 1 is 1.45 bits per heavy atom. The van der Waals surface area contributed by atoms with Gasteiger partial charge in [0.1, 0.15) is 6.61 Å². The summed E-state index contributed by atoms with van der Waals surface area (Å²) in [5, 5.41) is 19.1. The van der Waals surface area contributed by atoms with E-state index in [9.17, 15) is 9.90 Å². The van der Waals surface area contributed by atoms with Gasteiger partial charge in [0.2, 0.25) is 0 Å². The Balaban J connectivity index is 1.83. The first-order valence-electron chi connectivity index (χ1n) is 6.82. The predicted molar refractivity (Wildman–Crippen MR) is 74.0 cm³/mol. The van der Waals surface area contributed by atoms with Crippen molar-refractivity contribution in [3.05, 3.63) is 35.9 Å². The van der Waals surface area contributed by atoms with Crippen molar-refractivity contribution in [1.29, 1.82) is 0 Å². The number of likely N-dealkylation sites (tertiary alicyclic amines) is 1. The van der Waals surface area contributed by atoms with Crippen molar-refractivity contribution in [2.45, 2.75) is 25.6 Å². The van der Waals surface area contributed by atoms with E-state index in [2.05, 4.69) is 0 Å². The number of carbonyl (C=O) groups excluding carboxylic acids is 1. The minimum atomic E-state index is -1.14. The minimum Gasteiger partial charge on any atom is -0.445 e. The van der Waals surface area contributed by atoms with Crippen LogP contribution in [0.1, 0.15) is 18.9 Å². The van der Waals surface area contributed by atoms with E-state index in [1.807, 2.05) is 30.3 Å². The molecule has 110 valence electrons. The summed E-state index contributed by atoms with van der Waals surface area (Å²) < 4.78 is 5.25. The largest absolute Gasteiger partial charge is 0.445 e. The molecular weight excluding hydrogens is 258 g/mol. The zero-order valence-corrected chi connectivity index (χ0v) is 11.7. The molecule has 0 bridgehead atoms. The van der Waals surface area contributed by atoms with Crippen LogP contribution in [0.4, 0.5) is 4.79 Å². The fourth-order valence-corrected chi connectivity index (χ4v) is 2.37. The Labute approximate surface area is 118 Å². The molecule has 2 atom stereocenters. The molecule has 1 aliphatic heterocycles. The van der Waals surface area contributed by atoms with Crippen molar-refractivity contribution in [2.24, 2.45) is 5.92 Å². The molecule has 0 aromatic heterocycles. The molecule has 0 aliphatic carbocycles. The predicted octanol–water partition coefficient (Wildman–Crippen LogP) is 1.39. The van der Waals surface area contributed by atoms with Gasteiger partial charge in [-0.25, -0.2) is 4.79 Å². The van der Waals surface area contributed by atoms with E-state index in [1.54, 1.807) is 11.8 Å². The van der Waals surface area contributed by atoms with Crippen molar-refractivity contribution in [3.63, 3.8) is 0 Å². The summed E-state index contributed by atoms with van der Waals surface area (Å²) in [5.74, 6) is -0.114. The fraction of sp³-hybridized carbons (Fsp3) is 0.533. The molecule has 1 saturated heterocycles. The zero-order valence-electron chi connectivity index (χ0n) is 11.7. The van der Waals surface area contributed by atoms with Gasteiger partial charge in [0, 0.05) is 19.0 Å². The third-order valence-corrected chi connectivity index (χ3v) is 3.85. The van der Waals surface area contributed by atoms with Gasteiger partial charge in [-0.15, -0.1) is 0 Å². The Hall–Kier alpha value is -1.59. The van der Waals surface area contributed by atoms with Crippen molar-refractivity contribution in [3.8, 4) is 0 Å². The Morgan fingerprint density at radius 2 is 2.15 bits per heavy atom. The van der Waals surface area contributed by atoms with E-state index < -0.39 is 5.60 Å². The van der Waals surface area contributed by atoms with Crippen molar-refractivity contribution < 1.29 is 19.7 Å². The van der Waals surface area contributed by atoms with Crippen molar-refractivity contribution >= 4 is 6.09 Å². The highest BCUT2D eigenvalue weighted by molar-refractivity contribution is 5.68. The number of aliphatic hydroxyl groups excluding tert-OH is 1.